The number of rotatable bonds is 8. The van der Waals surface area contributed by atoms with Gasteiger partial charge >= 0.3 is 0 Å². The van der Waals surface area contributed by atoms with E-state index in [1.807, 2.05) is 6.07 Å². The lowest BCUT2D eigenvalue weighted by Crippen LogP contribution is -2.34. The quantitative estimate of drug-likeness (QED) is 0.780. The van der Waals surface area contributed by atoms with E-state index in [1.54, 1.807) is 0 Å². The average Bonchev–Trinajstić information content (AvgIpc) is 3.25. The van der Waals surface area contributed by atoms with Crippen LogP contribution in [0.25, 0.3) is 0 Å². The van der Waals surface area contributed by atoms with Gasteiger partial charge in [0.05, 0.1) is 0 Å². The minimum absolute atomic E-state index is 0.312. The summed E-state index contributed by atoms with van der Waals surface area (Å²) in [4.78, 5) is 14.3. The summed E-state index contributed by atoms with van der Waals surface area (Å²) >= 11 is 0. The van der Waals surface area contributed by atoms with Gasteiger partial charge in [-0.2, -0.15) is 0 Å². The number of aryl methyl sites for hydroxylation is 1. The van der Waals surface area contributed by atoms with E-state index in [9.17, 15) is 4.79 Å². The summed E-state index contributed by atoms with van der Waals surface area (Å²) in [6, 6.07) is 10.9. The zero-order valence-corrected chi connectivity index (χ0v) is 11.6. The second kappa shape index (κ2) is 7.29. The van der Waals surface area contributed by atoms with Gasteiger partial charge in [-0.05, 0) is 44.2 Å². The van der Waals surface area contributed by atoms with Crippen LogP contribution in [0.3, 0.4) is 0 Å². The van der Waals surface area contributed by atoms with Crippen molar-refractivity contribution in [2.75, 3.05) is 13.1 Å². The first-order valence-electron chi connectivity index (χ1n) is 7.34. The Morgan fingerprint density at radius 2 is 1.95 bits per heavy atom. The smallest absolute Gasteiger partial charge is 0.222 e. The molecule has 1 aromatic carbocycles. The lowest BCUT2D eigenvalue weighted by molar-refractivity contribution is -0.131. The molecule has 1 aromatic rings. The largest absolute Gasteiger partial charge is 0.340 e. The van der Waals surface area contributed by atoms with Crippen LogP contribution in [0.4, 0.5) is 0 Å². The van der Waals surface area contributed by atoms with Gasteiger partial charge in [-0.3, -0.25) is 4.79 Å². The first-order chi connectivity index (χ1) is 9.31. The lowest BCUT2D eigenvalue weighted by Gasteiger charge is -2.22. The van der Waals surface area contributed by atoms with Crippen molar-refractivity contribution < 1.29 is 4.79 Å². The van der Waals surface area contributed by atoms with Crippen LogP contribution in [-0.2, 0) is 11.2 Å². The van der Waals surface area contributed by atoms with Crippen LogP contribution < -0.4 is 5.73 Å². The molecule has 0 bridgehead atoms. The number of carbonyl (C=O) groups is 1. The monoisotopic (exact) mass is 260 g/mol. The molecule has 2 N–H and O–H groups in total. The maximum Gasteiger partial charge on any atom is 0.222 e. The molecule has 1 fully saturated rings. The predicted molar refractivity (Wildman–Crippen MR) is 77.8 cm³/mol. The van der Waals surface area contributed by atoms with E-state index in [0.29, 0.717) is 24.9 Å². The van der Waals surface area contributed by atoms with Gasteiger partial charge in [0.1, 0.15) is 0 Å². The van der Waals surface area contributed by atoms with Crippen molar-refractivity contribution in [1.82, 2.24) is 4.90 Å². The third-order valence-corrected chi connectivity index (χ3v) is 3.61. The van der Waals surface area contributed by atoms with Crippen molar-refractivity contribution in [2.24, 2.45) is 5.73 Å². The van der Waals surface area contributed by atoms with Crippen LogP contribution >= 0.6 is 0 Å². The molecular weight excluding hydrogens is 236 g/mol. The van der Waals surface area contributed by atoms with Gasteiger partial charge in [-0.25, -0.2) is 0 Å². The van der Waals surface area contributed by atoms with E-state index in [1.165, 1.54) is 18.4 Å². The summed E-state index contributed by atoms with van der Waals surface area (Å²) in [5, 5.41) is 0. The molecule has 0 spiro atoms. The SMILES string of the molecule is NCCCN(C(=O)CCCc1ccccc1)C1CC1. The Labute approximate surface area is 115 Å². The Hall–Kier alpha value is -1.35. The van der Waals surface area contributed by atoms with Crippen molar-refractivity contribution in [2.45, 2.75) is 44.6 Å². The van der Waals surface area contributed by atoms with E-state index in [-0.39, 0.29) is 0 Å². The van der Waals surface area contributed by atoms with Crippen LogP contribution in [0.1, 0.15) is 37.7 Å². The lowest BCUT2D eigenvalue weighted by atomic mass is 10.1. The second-order valence-corrected chi connectivity index (χ2v) is 5.30. The highest BCUT2D eigenvalue weighted by Gasteiger charge is 2.31. The first-order valence-corrected chi connectivity index (χ1v) is 7.34. The topological polar surface area (TPSA) is 46.3 Å². The summed E-state index contributed by atoms with van der Waals surface area (Å²) in [5.41, 5.74) is 6.85. The Morgan fingerprint density at radius 3 is 2.58 bits per heavy atom. The van der Waals surface area contributed by atoms with E-state index in [0.717, 1.165) is 25.8 Å². The molecule has 3 nitrogen and oxygen atoms in total. The van der Waals surface area contributed by atoms with Crippen LogP contribution in [-0.4, -0.2) is 29.9 Å². The molecule has 3 heteroatoms. The molecule has 1 amide bonds. The summed E-state index contributed by atoms with van der Waals surface area (Å²) in [6.07, 6.45) is 5.86. The molecule has 1 aliphatic rings. The van der Waals surface area contributed by atoms with Crippen LogP contribution in [0.2, 0.25) is 0 Å². The molecule has 0 heterocycles. The van der Waals surface area contributed by atoms with Crippen molar-refractivity contribution in [3.8, 4) is 0 Å². The van der Waals surface area contributed by atoms with Crippen molar-refractivity contribution >= 4 is 5.91 Å². The zero-order chi connectivity index (χ0) is 13.5. The van der Waals surface area contributed by atoms with E-state index in [4.69, 9.17) is 5.73 Å². The molecule has 2 rings (SSSR count). The predicted octanol–water partition coefficient (Wildman–Crippen LogP) is 2.35. The van der Waals surface area contributed by atoms with Crippen molar-refractivity contribution in [1.29, 1.82) is 0 Å². The number of nitrogens with zero attached hydrogens (tertiary/aromatic N) is 1. The highest BCUT2D eigenvalue weighted by Crippen LogP contribution is 2.27. The molecule has 0 aliphatic heterocycles. The fourth-order valence-corrected chi connectivity index (χ4v) is 2.39. The average molecular weight is 260 g/mol. The summed E-state index contributed by atoms with van der Waals surface area (Å²) in [7, 11) is 0. The Bertz CT molecular complexity index is 387. The number of carbonyl (C=O) groups excluding carboxylic acids is 1. The zero-order valence-electron chi connectivity index (χ0n) is 11.6. The van der Waals surface area contributed by atoms with Gasteiger partial charge in [-0.1, -0.05) is 30.3 Å². The fourth-order valence-electron chi connectivity index (χ4n) is 2.39. The van der Waals surface area contributed by atoms with Crippen LogP contribution in [0.15, 0.2) is 30.3 Å². The molecule has 0 atom stereocenters. The maximum absolute atomic E-state index is 12.2. The Balaban J connectivity index is 1.73. The van der Waals surface area contributed by atoms with Crippen LogP contribution in [0.5, 0.6) is 0 Å². The van der Waals surface area contributed by atoms with Gasteiger partial charge in [0.2, 0.25) is 5.91 Å². The summed E-state index contributed by atoms with van der Waals surface area (Å²) in [6.45, 7) is 1.51. The van der Waals surface area contributed by atoms with Gasteiger partial charge < -0.3 is 10.6 Å². The van der Waals surface area contributed by atoms with Gasteiger partial charge in [0, 0.05) is 19.0 Å². The molecule has 0 aromatic heterocycles. The maximum atomic E-state index is 12.2. The number of hydrogen-bond acceptors (Lipinski definition) is 2. The second-order valence-electron chi connectivity index (χ2n) is 5.30. The van der Waals surface area contributed by atoms with Crippen molar-refractivity contribution in [3.05, 3.63) is 35.9 Å². The van der Waals surface area contributed by atoms with E-state index >= 15 is 0 Å². The standard InChI is InChI=1S/C16H24N2O/c17-12-5-13-18(15-10-11-15)16(19)9-4-8-14-6-2-1-3-7-14/h1-3,6-7,15H,4-5,8-13,17H2. The van der Waals surface area contributed by atoms with Crippen LogP contribution in [0, 0.1) is 0 Å². The molecule has 0 unspecified atom stereocenters. The molecule has 1 saturated carbocycles. The van der Waals surface area contributed by atoms with Gasteiger partial charge in [0.15, 0.2) is 0 Å². The third kappa shape index (κ3) is 4.67. The molecule has 0 radical (unpaired) electrons. The minimum Gasteiger partial charge on any atom is -0.340 e. The van der Waals surface area contributed by atoms with E-state index in [2.05, 4.69) is 29.2 Å². The first kappa shape index (κ1) is 14.1. The van der Waals surface area contributed by atoms with Gasteiger partial charge in [-0.15, -0.1) is 0 Å². The number of nitrogens with two attached hydrogens (primary N) is 1. The molecule has 0 saturated heterocycles. The molecular formula is C16H24N2O. The molecule has 104 valence electrons. The normalized spacial score (nSPS) is 14.4. The van der Waals surface area contributed by atoms with Crippen molar-refractivity contribution in [3.63, 3.8) is 0 Å². The number of hydrogen-bond donors (Lipinski definition) is 1. The number of amides is 1. The Kier molecular flexibility index (Phi) is 5.40. The van der Waals surface area contributed by atoms with E-state index < -0.39 is 0 Å². The summed E-state index contributed by atoms with van der Waals surface area (Å²) in [5.74, 6) is 0.312. The third-order valence-electron chi connectivity index (χ3n) is 3.61. The Morgan fingerprint density at radius 1 is 1.21 bits per heavy atom. The fraction of sp³-hybridized carbons (Fsp3) is 0.562. The summed E-state index contributed by atoms with van der Waals surface area (Å²) < 4.78 is 0. The number of benzene rings is 1. The molecule has 19 heavy (non-hydrogen) atoms. The highest BCUT2D eigenvalue weighted by atomic mass is 16.2. The van der Waals surface area contributed by atoms with Gasteiger partial charge in [0.25, 0.3) is 0 Å². The highest BCUT2D eigenvalue weighted by molar-refractivity contribution is 5.76. The minimum atomic E-state index is 0.312. The molecule has 1 aliphatic carbocycles.